The maximum Gasteiger partial charge on any atom is 0.275 e. The van der Waals surface area contributed by atoms with Gasteiger partial charge in [-0.2, -0.15) is 0 Å². The molecule has 0 radical (unpaired) electrons. The monoisotopic (exact) mass is 441 g/mol. The molecule has 4 aromatic rings. The van der Waals surface area contributed by atoms with E-state index in [0.717, 1.165) is 12.0 Å². The van der Waals surface area contributed by atoms with Crippen LogP contribution in [0, 0.1) is 5.82 Å². The van der Waals surface area contributed by atoms with Crippen molar-refractivity contribution < 1.29 is 4.39 Å². The highest BCUT2D eigenvalue weighted by molar-refractivity contribution is 5.79. The van der Waals surface area contributed by atoms with Crippen LogP contribution >= 0.6 is 0 Å². The first-order valence-corrected chi connectivity index (χ1v) is 10.9. The molecule has 3 heterocycles. The summed E-state index contributed by atoms with van der Waals surface area (Å²) in [5.41, 5.74) is 4.51. The molecular weight excluding hydrogens is 417 g/mol. The lowest BCUT2D eigenvalue weighted by Gasteiger charge is -2.15. The second kappa shape index (κ2) is 8.50. The lowest BCUT2D eigenvalue weighted by Crippen LogP contribution is -2.20. The van der Waals surface area contributed by atoms with E-state index >= 15 is 0 Å². The van der Waals surface area contributed by atoms with Crippen LogP contribution in [0.4, 0.5) is 10.3 Å². The highest BCUT2D eigenvalue weighted by atomic mass is 19.1. The molecule has 1 atom stereocenters. The summed E-state index contributed by atoms with van der Waals surface area (Å²) in [7, 11) is 0. The van der Waals surface area contributed by atoms with Crippen LogP contribution in [0.25, 0.3) is 22.5 Å². The minimum Gasteiger partial charge on any atom is -0.351 e. The molecule has 1 N–H and O–H groups in total. The van der Waals surface area contributed by atoms with Crippen LogP contribution in [-0.4, -0.2) is 25.4 Å². The van der Waals surface area contributed by atoms with Gasteiger partial charge in [0.15, 0.2) is 0 Å². The van der Waals surface area contributed by atoms with E-state index in [-0.39, 0.29) is 17.4 Å². The molecule has 1 aliphatic heterocycles. The van der Waals surface area contributed by atoms with Crippen LogP contribution < -0.4 is 10.9 Å². The van der Waals surface area contributed by atoms with E-state index in [9.17, 15) is 9.18 Å². The summed E-state index contributed by atoms with van der Waals surface area (Å²) >= 11 is 0. The molecule has 2 aromatic heterocycles. The van der Waals surface area contributed by atoms with Gasteiger partial charge in [-0.25, -0.2) is 19.0 Å². The molecule has 5 rings (SSSR count). The third kappa shape index (κ3) is 4.09. The molecule has 0 bridgehead atoms. The Kier molecular flexibility index (Phi) is 5.38. The molecule has 0 aliphatic carbocycles. The first kappa shape index (κ1) is 20.9. The predicted molar refractivity (Wildman–Crippen MR) is 127 cm³/mol. The summed E-state index contributed by atoms with van der Waals surface area (Å²) in [6.07, 6.45) is 2.52. The number of fused-ring (bicyclic) bond motifs is 1. The van der Waals surface area contributed by atoms with E-state index in [1.165, 1.54) is 17.7 Å². The van der Waals surface area contributed by atoms with E-state index < -0.39 is 0 Å². The fraction of sp³-hybridized carbons (Fsp3) is 0.192. The Morgan fingerprint density at radius 3 is 2.55 bits per heavy atom. The zero-order valence-corrected chi connectivity index (χ0v) is 18.3. The Morgan fingerprint density at radius 1 is 1.06 bits per heavy atom. The first-order valence-electron chi connectivity index (χ1n) is 10.9. The second-order valence-corrected chi connectivity index (χ2v) is 8.40. The van der Waals surface area contributed by atoms with Crippen LogP contribution in [0.15, 0.2) is 83.8 Å². The number of anilines is 1. The Morgan fingerprint density at radius 2 is 1.79 bits per heavy atom. The molecule has 166 valence electrons. The lowest BCUT2D eigenvalue weighted by molar-refractivity contribution is 0.599. The van der Waals surface area contributed by atoms with Crippen molar-refractivity contribution in [2.24, 2.45) is 0 Å². The number of rotatable bonds is 6. The Balaban J connectivity index is 1.53. The molecule has 0 fully saturated rings. The maximum atomic E-state index is 13.5. The van der Waals surface area contributed by atoms with Gasteiger partial charge in [0.05, 0.1) is 30.0 Å². The fourth-order valence-electron chi connectivity index (χ4n) is 4.32. The Labute approximate surface area is 191 Å². The summed E-state index contributed by atoms with van der Waals surface area (Å²) < 4.78 is 17.1. The maximum absolute atomic E-state index is 13.5. The van der Waals surface area contributed by atoms with Crippen molar-refractivity contribution in [3.63, 3.8) is 0 Å². The van der Waals surface area contributed by atoms with Crippen molar-refractivity contribution in [1.29, 1.82) is 0 Å². The number of nitrogens with zero attached hydrogens (tertiary/aromatic N) is 4. The largest absolute Gasteiger partial charge is 0.351 e. The van der Waals surface area contributed by atoms with Crippen molar-refractivity contribution in [2.45, 2.75) is 32.5 Å². The third-order valence-electron chi connectivity index (χ3n) is 5.77. The molecule has 33 heavy (non-hydrogen) atoms. The zero-order valence-electron chi connectivity index (χ0n) is 18.3. The summed E-state index contributed by atoms with van der Waals surface area (Å²) in [6.45, 7) is 7.12. The van der Waals surface area contributed by atoms with Gasteiger partial charge in [0.25, 0.3) is 5.56 Å². The standard InChI is InChI=1S/C26H24FN5O/c1-17-15-31-24(23(25(33)32(31)16-17)20-8-10-21(27)11-9-20)22-12-13-28-26(30-22)29-18(2)14-19-6-4-3-5-7-19/h3-13,18H,1,14-16H2,2H3,(H,28,29,30). The Bertz CT molecular complexity index is 1370. The normalized spacial score (nSPS) is 13.7. The summed E-state index contributed by atoms with van der Waals surface area (Å²) in [4.78, 5) is 22.4. The first-order chi connectivity index (χ1) is 16.0. The number of aromatic nitrogens is 4. The second-order valence-electron chi connectivity index (χ2n) is 8.40. The van der Waals surface area contributed by atoms with Crippen LogP contribution in [0.3, 0.4) is 0 Å². The summed E-state index contributed by atoms with van der Waals surface area (Å²) in [5, 5.41) is 3.37. The van der Waals surface area contributed by atoms with Crippen molar-refractivity contribution in [3.8, 4) is 22.5 Å². The smallest absolute Gasteiger partial charge is 0.275 e. The van der Waals surface area contributed by atoms with E-state index in [4.69, 9.17) is 4.98 Å². The quantitative estimate of drug-likeness (QED) is 0.447. The van der Waals surface area contributed by atoms with E-state index in [2.05, 4.69) is 35.9 Å². The Hall–Kier alpha value is -4.00. The molecule has 0 saturated carbocycles. The van der Waals surface area contributed by atoms with Crippen molar-refractivity contribution in [1.82, 2.24) is 19.3 Å². The third-order valence-corrected chi connectivity index (χ3v) is 5.77. The highest BCUT2D eigenvalue weighted by Gasteiger charge is 2.27. The lowest BCUT2D eigenvalue weighted by atomic mass is 10.0. The van der Waals surface area contributed by atoms with Gasteiger partial charge in [0, 0.05) is 12.2 Å². The number of hydrogen-bond donors (Lipinski definition) is 1. The molecule has 0 spiro atoms. The molecular formula is C26H24FN5O. The van der Waals surface area contributed by atoms with Crippen LogP contribution in [0.5, 0.6) is 0 Å². The average molecular weight is 442 g/mol. The zero-order chi connectivity index (χ0) is 22.9. The number of hydrogen-bond acceptors (Lipinski definition) is 4. The van der Waals surface area contributed by atoms with E-state index in [0.29, 0.717) is 41.6 Å². The van der Waals surface area contributed by atoms with Gasteiger partial charge in [0.2, 0.25) is 5.95 Å². The van der Waals surface area contributed by atoms with Gasteiger partial charge >= 0.3 is 0 Å². The fourth-order valence-corrected chi connectivity index (χ4v) is 4.32. The van der Waals surface area contributed by atoms with Gasteiger partial charge in [-0.1, -0.05) is 49.0 Å². The summed E-state index contributed by atoms with van der Waals surface area (Å²) in [6, 6.07) is 18.1. The highest BCUT2D eigenvalue weighted by Crippen LogP contribution is 2.32. The molecule has 1 aliphatic rings. The average Bonchev–Trinajstić information content (AvgIpc) is 3.30. The van der Waals surface area contributed by atoms with Crippen molar-refractivity contribution >= 4 is 5.95 Å². The van der Waals surface area contributed by atoms with E-state index in [1.807, 2.05) is 22.9 Å². The van der Waals surface area contributed by atoms with Gasteiger partial charge in [-0.3, -0.25) is 9.48 Å². The van der Waals surface area contributed by atoms with Gasteiger partial charge in [0.1, 0.15) is 5.82 Å². The molecule has 2 aromatic carbocycles. The van der Waals surface area contributed by atoms with Crippen LogP contribution in [0.2, 0.25) is 0 Å². The van der Waals surface area contributed by atoms with E-state index in [1.54, 1.807) is 29.1 Å². The SMILES string of the molecule is C=C1Cn2c(-c3ccnc(NC(C)Cc4ccccc4)n3)c(-c3ccc(F)cc3)c(=O)n2C1. The number of benzene rings is 2. The molecule has 7 heteroatoms. The van der Waals surface area contributed by atoms with Gasteiger partial charge < -0.3 is 5.32 Å². The predicted octanol–water partition coefficient (Wildman–Crippen LogP) is 4.53. The number of allylic oxidation sites excluding steroid dienone is 1. The minimum absolute atomic E-state index is 0.112. The van der Waals surface area contributed by atoms with Crippen molar-refractivity contribution in [3.05, 3.63) is 101 Å². The molecule has 1 unspecified atom stereocenters. The number of halogens is 1. The van der Waals surface area contributed by atoms with Crippen LogP contribution in [0.1, 0.15) is 12.5 Å². The van der Waals surface area contributed by atoms with Gasteiger partial charge in [-0.05, 0) is 48.2 Å². The topological polar surface area (TPSA) is 64.7 Å². The molecule has 6 nitrogen and oxygen atoms in total. The van der Waals surface area contributed by atoms with Gasteiger partial charge in [-0.15, -0.1) is 0 Å². The molecule has 0 saturated heterocycles. The number of nitrogens with one attached hydrogen (secondary N) is 1. The van der Waals surface area contributed by atoms with Crippen LogP contribution in [-0.2, 0) is 19.5 Å². The van der Waals surface area contributed by atoms with Crippen molar-refractivity contribution in [2.75, 3.05) is 5.32 Å². The minimum atomic E-state index is -0.346. The summed E-state index contributed by atoms with van der Waals surface area (Å²) in [5.74, 6) is 0.146. The molecule has 0 amide bonds.